The molecule has 0 spiro atoms. The molecule has 5 heterocycles. The zero-order valence-electron chi connectivity index (χ0n) is 12.3. The van der Waals surface area contributed by atoms with Crippen molar-refractivity contribution in [1.82, 2.24) is 4.98 Å². The van der Waals surface area contributed by atoms with Crippen LogP contribution in [0.15, 0.2) is 24.5 Å². The Morgan fingerprint density at radius 3 is 2.55 bits per heavy atom. The van der Waals surface area contributed by atoms with E-state index in [1.54, 1.807) is 9.80 Å². The van der Waals surface area contributed by atoms with Gasteiger partial charge in [-0.3, -0.25) is 19.6 Å². The molecule has 4 saturated heterocycles. The number of hydrogen-bond donors (Lipinski definition) is 2. The first-order chi connectivity index (χ1) is 9.58. The van der Waals surface area contributed by atoms with Crippen molar-refractivity contribution in [2.75, 3.05) is 26.2 Å². The highest BCUT2D eigenvalue weighted by Gasteiger charge is 2.69. The second kappa shape index (κ2) is 3.89. The summed E-state index contributed by atoms with van der Waals surface area (Å²) in [5.41, 5.74) is 1.17. The summed E-state index contributed by atoms with van der Waals surface area (Å²) in [6, 6.07) is 4.23. The van der Waals surface area contributed by atoms with Crippen molar-refractivity contribution in [2.24, 2.45) is 10.8 Å². The van der Waals surface area contributed by atoms with Gasteiger partial charge < -0.3 is 0 Å². The molecule has 1 aromatic rings. The van der Waals surface area contributed by atoms with Crippen LogP contribution in [-0.2, 0) is 4.79 Å². The lowest BCUT2D eigenvalue weighted by Crippen LogP contribution is -3.41. The minimum Gasteiger partial charge on any atom is -0.297 e. The Kier molecular flexibility index (Phi) is 2.43. The van der Waals surface area contributed by atoms with Crippen molar-refractivity contribution >= 4 is 5.78 Å². The van der Waals surface area contributed by atoms with Gasteiger partial charge in [-0.15, -0.1) is 0 Å². The average Bonchev–Trinajstić information content (AvgIpc) is 2.44. The Morgan fingerprint density at radius 2 is 2.00 bits per heavy atom. The first-order valence-electron chi connectivity index (χ1n) is 7.72. The van der Waals surface area contributed by atoms with Crippen LogP contribution in [0.25, 0.3) is 0 Å². The fourth-order valence-electron chi connectivity index (χ4n) is 5.21. The van der Waals surface area contributed by atoms with E-state index in [2.05, 4.69) is 24.9 Å². The van der Waals surface area contributed by atoms with Gasteiger partial charge in [0.2, 0.25) is 6.17 Å². The monoisotopic (exact) mass is 273 g/mol. The molecule has 0 saturated carbocycles. The summed E-state index contributed by atoms with van der Waals surface area (Å²) >= 11 is 0. The lowest BCUT2D eigenvalue weighted by molar-refractivity contribution is -1.18. The summed E-state index contributed by atoms with van der Waals surface area (Å²) in [5, 5.41) is 0. The number of nitrogens with one attached hydrogen (secondary N) is 2. The molecule has 0 aliphatic carbocycles. The summed E-state index contributed by atoms with van der Waals surface area (Å²) in [6.07, 6.45) is 5.32. The fraction of sp³-hybridized carbons (Fsp3) is 0.625. The molecule has 0 amide bonds. The Balaban J connectivity index is 1.76. The van der Waals surface area contributed by atoms with E-state index in [9.17, 15) is 4.79 Å². The van der Waals surface area contributed by atoms with Gasteiger partial charge in [0.15, 0.2) is 5.78 Å². The van der Waals surface area contributed by atoms with Crippen molar-refractivity contribution < 1.29 is 14.6 Å². The molecular formula is C16H23N3O+2. The third-order valence-corrected chi connectivity index (χ3v) is 5.91. The molecule has 1 aromatic heterocycles. The number of ketones is 1. The van der Waals surface area contributed by atoms with Crippen LogP contribution in [0, 0.1) is 10.8 Å². The number of piperidine rings is 2. The molecule has 2 unspecified atom stereocenters. The van der Waals surface area contributed by atoms with Crippen molar-refractivity contribution in [3.63, 3.8) is 0 Å². The number of nitrogens with zero attached hydrogens (tertiary/aromatic N) is 1. The molecule has 5 rings (SSSR count). The quantitative estimate of drug-likeness (QED) is 0.715. The number of rotatable bonds is 2. The Bertz CT molecular complexity index is 540. The molecule has 0 aromatic carbocycles. The standard InChI is InChI=1S/C16H21N3O/c1-3-16-10-18-8-15(2,14(16)20)9-19(11-16)13(18)12-5-4-6-17-7-12/h4-7,13H,3,8-11H2,1-2H3/p+2. The predicted molar refractivity (Wildman–Crippen MR) is 74.2 cm³/mol. The van der Waals surface area contributed by atoms with E-state index in [4.69, 9.17) is 0 Å². The fourth-order valence-corrected chi connectivity index (χ4v) is 5.21. The zero-order valence-corrected chi connectivity index (χ0v) is 12.3. The molecular weight excluding hydrogens is 250 g/mol. The number of carbonyl (C=O) groups is 1. The van der Waals surface area contributed by atoms with E-state index in [1.165, 1.54) is 5.56 Å². The van der Waals surface area contributed by atoms with Crippen LogP contribution in [-0.4, -0.2) is 36.9 Å². The van der Waals surface area contributed by atoms with Crippen LogP contribution in [0.2, 0.25) is 0 Å². The maximum absolute atomic E-state index is 12.9. The molecule has 4 aliphatic rings. The summed E-state index contributed by atoms with van der Waals surface area (Å²) in [7, 11) is 0. The largest absolute Gasteiger partial charge is 0.297 e. The Hall–Kier alpha value is -1.26. The number of carbonyl (C=O) groups excluding carboxylic acids is 1. The minimum atomic E-state index is -0.101. The summed E-state index contributed by atoms with van der Waals surface area (Å²) in [5.74, 6) is 0.546. The van der Waals surface area contributed by atoms with Crippen molar-refractivity contribution in [3.8, 4) is 0 Å². The molecule has 4 bridgehead atoms. The van der Waals surface area contributed by atoms with Gasteiger partial charge in [-0.25, -0.2) is 0 Å². The summed E-state index contributed by atoms with van der Waals surface area (Å²) in [4.78, 5) is 20.3. The number of Topliss-reactive ketones (excluding diaryl/α,β-unsaturated/α-hetero) is 1. The van der Waals surface area contributed by atoms with Gasteiger partial charge >= 0.3 is 0 Å². The molecule has 20 heavy (non-hydrogen) atoms. The molecule has 4 nitrogen and oxygen atoms in total. The van der Waals surface area contributed by atoms with Gasteiger partial charge in [0, 0.05) is 12.4 Å². The number of quaternary nitrogens is 2. The van der Waals surface area contributed by atoms with Gasteiger partial charge in [0.05, 0.1) is 18.7 Å². The Morgan fingerprint density at radius 1 is 1.30 bits per heavy atom. The predicted octanol–water partition coefficient (Wildman–Crippen LogP) is -1.14. The number of hydrogen-bond acceptors (Lipinski definition) is 2. The zero-order chi connectivity index (χ0) is 14.0. The van der Waals surface area contributed by atoms with Crippen LogP contribution in [0.5, 0.6) is 0 Å². The smallest absolute Gasteiger partial charge is 0.241 e. The van der Waals surface area contributed by atoms with Crippen LogP contribution in [0.3, 0.4) is 0 Å². The normalized spacial score (nSPS) is 45.9. The molecule has 4 heteroatoms. The molecule has 4 fully saturated rings. The molecule has 2 atom stereocenters. The van der Waals surface area contributed by atoms with Gasteiger partial charge in [-0.1, -0.05) is 6.92 Å². The number of aromatic nitrogens is 1. The van der Waals surface area contributed by atoms with E-state index < -0.39 is 0 Å². The molecule has 4 aliphatic heterocycles. The maximum Gasteiger partial charge on any atom is 0.241 e. The maximum atomic E-state index is 12.9. The van der Waals surface area contributed by atoms with Crippen LogP contribution in [0.1, 0.15) is 32.0 Å². The van der Waals surface area contributed by atoms with Crippen molar-refractivity contribution in [2.45, 2.75) is 26.4 Å². The topological polar surface area (TPSA) is 38.8 Å². The number of pyridine rings is 1. The minimum absolute atomic E-state index is 0.0609. The van der Waals surface area contributed by atoms with Gasteiger partial charge in [-0.2, -0.15) is 0 Å². The first kappa shape index (κ1) is 12.5. The van der Waals surface area contributed by atoms with Crippen molar-refractivity contribution in [3.05, 3.63) is 30.1 Å². The molecule has 0 radical (unpaired) electrons. The highest BCUT2D eigenvalue weighted by atomic mass is 16.1. The second-order valence-electron chi connectivity index (χ2n) is 7.27. The van der Waals surface area contributed by atoms with Crippen LogP contribution < -0.4 is 9.80 Å². The first-order valence-corrected chi connectivity index (χ1v) is 7.72. The van der Waals surface area contributed by atoms with E-state index >= 15 is 0 Å². The second-order valence-corrected chi connectivity index (χ2v) is 7.27. The van der Waals surface area contributed by atoms with Crippen LogP contribution >= 0.6 is 0 Å². The molecule has 2 N–H and O–H groups in total. The highest BCUT2D eigenvalue weighted by Crippen LogP contribution is 2.38. The van der Waals surface area contributed by atoms with Gasteiger partial charge in [0.25, 0.3) is 0 Å². The molecule has 106 valence electrons. The lowest BCUT2D eigenvalue weighted by atomic mass is 9.60. The summed E-state index contributed by atoms with van der Waals surface area (Å²) < 4.78 is 0. The third kappa shape index (κ3) is 1.44. The third-order valence-electron chi connectivity index (χ3n) is 5.91. The van der Waals surface area contributed by atoms with Gasteiger partial charge in [-0.05, 0) is 25.5 Å². The van der Waals surface area contributed by atoms with E-state index in [1.807, 2.05) is 18.5 Å². The SMILES string of the molecule is CCC12C[NH+]3CC(C)(C[NH+](C1)C3c1cccnc1)C2=O. The van der Waals surface area contributed by atoms with E-state index in [0.29, 0.717) is 11.9 Å². The average molecular weight is 273 g/mol. The van der Waals surface area contributed by atoms with E-state index in [-0.39, 0.29) is 10.8 Å². The Labute approximate surface area is 119 Å². The summed E-state index contributed by atoms with van der Waals surface area (Å²) in [6.45, 7) is 8.40. The van der Waals surface area contributed by atoms with Crippen molar-refractivity contribution in [1.29, 1.82) is 0 Å². The van der Waals surface area contributed by atoms with E-state index in [0.717, 1.165) is 32.6 Å². The van der Waals surface area contributed by atoms with Crippen LogP contribution in [0.4, 0.5) is 0 Å². The lowest BCUT2D eigenvalue weighted by Gasteiger charge is -2.59. The highest BCUT2D eigenvalue weighted by molar-refractivity contribution is 5.91. The van der Waals surface area contributed by atoms with Gasteiger partial charge in [0.1, 0.15) is 23.9 Å².